The van der Waals surface area contributed by atoms with Crippen LogP contribution in [0.1, 0.15) is 10.4 Å². The van der Waals surface area contributed by atoms with Crippen molar-refractivity contribution in [1.82, 2.24) is 0 Å². The van der Waals surface area contributed by atoms with Crippen molar-refractivity contribution in [1.29, 1.82) is 0 Å². The minimum absolute atomic E-state index is 0.171. The van der Waals surface area contributed by atoms with Gasteiger partial charge < -0.3 is 11.5 Å². The third-order valence-corrected chi connectivity index (χ3v) is 2.67. The lowest BCUT2D eigenvalue weighted by atomic mass is 10.2. The Balaban J connectivity index is 3.12. The van der Waals surface area contributed by atoms with Crippen LogP contribution in [0.25, 0.3) is 6.08 Å². The Morgan fingerprint density at radius 3 is 2.29 bits per heavy atom. The molecule has 74 valence electrons. The Kier molecular flexibility index (Phi) is 3.03. The standard InChI is InChI=1S/C9H10N2O2S/c1-5-2-3-14-7(5)4-6(8(10)12)9(11)13/h2-4H,1H3,(H2,10,12)(H2,11,13). The highest BCUT2D eigenvalue weighted by Crippen LogP contribution is 2.18. The molecule has 0 aliphatic rings. The van der Waals surface area contributed by atoms with E-state index in [4.69, 9.17) is 11.5 Å². The maximum Gasteiger partial charge on any atom is 0.254 e. The van der Waals surface area contributed by atoms with E-state index >= 15 is 0 Å². The first-order valence-electron chi connectivity index (χ1n) is 3.87. The van der Waals surface area contributed by atoms with Gasteiger partial charge >= 0.3 is 0 Å². The van der Waals surface area contributed by atoms with E-state index < -0.39 is 11.8 Å². The highest BCUT2D eigenvalue weighted by Gasteiger charge is 2.12. The predicted molar refractivity (Wildman–Crippen MR) is 55.4 cm³/mol. The second-order valence-corrected chi connectivity index (χ2v) is 3.70. The lowest BCUT2D eigenvalue weighted by Crippen LogP contribution is -2.25. The van der Waals surface area contributed by atoms with Gasteiger partial charge in [-0.3, -0.25) is 9.59 Å². The normalized spacial score (nSPS) is 9.50. The van der Waals surface area contributed by atoms with E-state index in [9.17, 15) is 9.59 Å². The highest BCUT2D eigenvalue weighted by atomic mass is 32.1. The number of rotatable bonds is 3. The zero-order chi connectivity index (χ0) is 10.7. The highest BCUT2D eigenvalue weighted by molar-refractivity contribution is 7.11. The number of hydrogen-bond donors (Lipinski definition) is 2. The van der Waals surface area contributed by atoms with Crippen LogP contribution in [0.4, 0.5) is 0 Å². The van der Waals surface area contributed by atoms with Crippen molar-refractivity contribution in [2.24, 2.45) is 11.5 Å². The molecule has 0 spiro atoms. The van der Waals surface area contributed by atoms with E-state index in [1.54, 1.807) is 0 Å². The van der Waals surface area contributed by atoms with Gasteiger partial charge in [0.25, 0.3) is 11.8 Å². The molecule has 14 heavy (non-hydrogen) atoms. The van der Waals surface area contributed by atoms with Gasteiger partial charge in [-0.1, -0.05) is 0 Å². The van der Waals surface area contributed by atoms with Crippen molar-refractivity contribution < 1.29 is 9.59 Å². The Bertz CT molecular complexity index is 391. The molecule has 4 N–H and O–H groups in total. The van der Waals surface area contributed by atoms with Gasteiger partial charge in [0, 0.05) is 4.88 Å². The number of thiophene rings is 1. The van der Waals surface area contributed by atoms with Crippen LogP contribution in [0.2, 0.25) is 0 Å². The molecule has 0 unspecified atom stereocenters. The van der Waals surface area contributed by atoms with E-state index in [1.807, 2.05) is 18.4 Å². The van der Waals surface area contributed by atoms with Crippen molar-refractivity contribution >= 4 is 29.2 Å². The Morgan fingerprint density at radius 2 is 1.93 bits per heavy atom. The molecule has 0 aliphatic carbocycles. The molecule has 5 heteroatoms. The Hall–Kier alpha value is -1.62. The molecule has 0 aliphatic heterocycles. The fraction of sp³-hybridized carbons (Fsp3) is 0.111. The van der Waals surface area contributed by atoms with Crippen molar-refractivity contribution in [3.05, 3.63) is 27.5 Å². The molecule has 0 atom stereocenters. The molecule has 4 nitrogen and oxygen atoms in total. The molecule has 1 aromatic rings. The summed E-state index contributed by atoms with van der Waals surface area (Å²) in [7, 11) is 0. The number of primary amides is 2. The second-order valence-electron chi connectivity index (χ2n) is 2.75. The molecule has 1 rings (SSSR count). The second kappa shape index (κ2) is 4.06. The number of carbonyl (C=O) groups excluding carboxylic acids is 2. The molecule has 1 heterocycles. The van der Waals surface area contributed by atoms with Crippen LogP contribution in [0.5, 0.6) is 0 Å². The molecule has 0 bridgehead atoms. The van der Waals surface area contributed by atoms with Crippen molar-refractivity contribution in [3.8, 4) is 0 Å². The van der Waals surface area contributed by atoms with Crippen LogP contribution in [0.15, 0.2) is 17.0 Å². The zero-order valence-electron chi connectivity index (χ0n) is 7.61. The number of nitrogens with two attached hydrogens (primary N) is 2. The average Bonchev–Trinajstić information content (AvgIpc) is 2.46. The summed E-state index contributed by atoms with van der Waals surface area (Å²) in [6, 6.07) is 1.89. The van der Waals surface area contributed by atoms with Crippen molar-refractivity contribution in [2.75, 3.05) is 0 Å². The lowest BCUT2D eigenvalue weighted by molar-refractivity contribution is -0.120. The van der Waals surface area contributed by atoms with Crippen molar-refractivity contribution in [3.63, 3.8) is 0 Å². The average molecular weight is 210 g/mol. The minimum Gasteiger partial charge on any atom is -0.365 e. The van der Waals surface area contributed by atoms with Gasteiger partial charge in [0.1, 0.15) is 5.57 Å². The van der Waals surface area contributed by atoms with E-state index in [2.05, 4.69) is 0 Å². The summed E-state index contributed by atoms with van der Waals surface area (Å²) in [4.78, 5) is 22.5. The monoisotopic (exact) mass is 210 g/mol. The van der Waals surface area contributed by atoms with Gasteiger partial charge in [-0.15, -0.1) is 11.3 Å². The number of aryl methyl sites for hydroxylation is 1. The first kappa shape index (κ1) is 10.5. The Labute approximate surface area is 85.2 Å². The first-order chi connectivity index (χ1) is 6.52. The molecule has 1 aromatic heterocycles. The fourth-order valence-electron chi connectivity index (χ4n) is 0.927. The van der Waals surface area contributed by atoms with E-state index in [1.165, 1.54) is 17.4 Å². The van der Waals surface area contributed by atoms with Gasteiger partial charge in [-0.2, -0.15) is 0 Å². The van der Waals surface area contributed by atoms with Gasteiger partial charge in [0.05, 0.1) is 0 Å². The zero-order valence-corrected chi connectivity index (χ0v) is 8.43. The van der Waals surface area contributed by atoms with Gasteiger partial charge in [-0.05, 0) is 30.0 Å². The molecular formula is C9H10N2O2S. The maximum atomic E-state index is 10.8. The van der Waals surface area contributed by atoms with Crippen LogP contribution in [-0.2, 0) is 9.59 Å². The summed E-state index contributed by atoms with van der Waals surface area (Å²) in [5, 5.41) is 1.86. The summed E-state index contributed by atoms with van der Waals surface area (Å²) < 4.78 is 0. The minimum atomic E-state index is -0.801. The molecule has 0 saturated carbocycles. The van der Waals surface area contributed by atoms with Gasteiger partial charge in [0.2, 0.25) is 0 Å². The lowest BCUT2D eigenvalue weighted by Gasteiger charge is -1.96. The fourth-order valence-corrected chi connectivity index (χ4v) is 1.79. The molecule has 2 amide bonds. The van der Waals surface area contributed by atoms with Crippen LogP contribution >= 0.6 is 11.3 Å². The summed E-state index contributed by atoms with van der Waals surface area (Å²) in [5.41, 5.74) is 10.8. The first-order valence-corrected chi connectivity index (χ1v) is 4.75. The molecule has 0 fully saturated rings. The largest absolute Gasteiger partial charge is 0.365 e. The Morgan fingerprint density at radius 1 is 1.36 bits per heavy atom. The van der Waals surface area contributed by atoms with Gasteiger partial charge in [0.15, 0.2) is 0 Å². The van der Waals surface area contributed by atoms with Crippen LogP contribution < -0.4 is 11.5 Å². The molecule has 0 radical (unpaired) electrons. The van der Waals surface area contributed by atoms with Crippen molar-refractivity contribution in [2.45, 2.75) is 6.92 Å². The summed E-state index contributed by atoms with van der Waals surface area (Å²) in [5.74, 6) is -1.60. The third-order valence-electron chi connectivity index (χ3n) is 1.71. The van der Waals surface area contributed by atoms with Gasteiger partial charge in [-0.25, -0.2) is 0 Å². The molecular weight excluding hydrogens is 200 g/mol. The quantitative estimate of drug-likeness (QED) is 0.430. The van der Waals surface area contributed by atoms with E-state index in [-0.39, 0.29) is 5.57 Å². The summed E-state index contributed by atoms with van der Waals surface area (Å²) in [6.07, 6.45) is 1.42. The third kappa shape index (κ3) is 2.20. The van der Waals surface area contributed by atoms with E-state index in [0.29, 0.717) is 0 Å². The van der Waals surface area contributed by atoms with E-state index in [0.717, 1.165) is 10.4 Å². The SMILES string of the molecule is Cc1ccsc1C=C(C(N)=O)C(N)=O. The predicted octanol–water partition coefficient (Wildman–Crippen LogP) is 0.411. The molecule has 0 saturated heterocycles. The summed E-state index contributed by atoms with van der Waals surface area (Å²) >= 11 is 1.42. The van der Waals surface area contributed by atoms with Crippen LogP contribution in [0, 0.1) is 6.92 Å². The summed E-state index contributed by atoms with van der Waals surface area (Å²) in [6.45, 7) is 1.88. The number of hydrogen-bond acceptors (Lipinski definition) is 3. The van der Waals surface area contributed by atoms with Crippen LogP contribution in [-0.4, -0.2) is 11.8 Å². The maximum absolute atomic E-state index is 10.8. The smallest absolute Gasteiger partial charge is 0.254 e. The topological polar surface area (TPSA) is 86.2 Å². The number of amides is 2. The number of carbonyl (C=O) groups is 2. The van der Waals surface area contributed by atoms with Crippen LogP contribution in [0.3, 0.4) is 0 Å². The molecule has 0 aromatic carbocycles.